The van der Waals surface area contributed by atoms with Crippen LogP contribution in [-0.4, -0.2) is 91.2 Å². The van der Waals surface area contributed by atoms with Crippen molar-refractivity contribution >= 4 is 58.0 Å². The summed E-state index contributed by atoms with van der Waals surface area (Å²) in [5.41, 5.74) is 3.01. The Morgan fingerprint density at radius 3 is 1.73 bits per heavy atom. The quantitative estimate of drug-likeness (QED) is 0.0609. The number of anilines is 8. The minimum absolute atomic E-state index is 0.0376. The van der Waals surface area contributed by atoms with Gasteiger partial charge < -0.3 is 33.9 Å². The number of para-hydroxylation sites is 2. The second-order valence-electron chi connectivity index (χ2n) is 16.1. The summed E-state index contributed by atoms with van der Waals surface area (Å²) in [6, 6.07) is 39.1. The van der Waals surface area contributed by atoms with E-state index in [1.54, 1.807) is 36.7 Å². The standard InChI is InChI=1S/C50H51F2N7O7/c51-50(52)66-43-17-8-15-41(29-43)59(39-12-5-2-6-13-39)47-31-53-30-46(55-47)57-26-22-37(23-27-57)33-64-35-49(62)65-42-16-7-14-40(28-42)58(38-10-3-1-4-11-38)45-19-9-18-44(54-45)56-24-20-36(21-25-56)32-63-34-48(60)61/h1-19,28-31,36-37,50H,20-27,32-35H2,(H,60,61). The van der Waals surface area contributed by atoms with Gasteiger partial charge in [-0.1, -0.05) is 54.6 Å². The number of rotatable bonds is 19. The number of carbonyl (C=O) groups is 2. The van der Waals surface area contributed by atoms with Gasteiger partial charge in [0.05, 0.1) is 37.0 Å². The lowest BCUT2D eigenvalue weighted by molar-refractivity contribution is -0.143. The van der Waals surface area contributed by atoms with E-state index in [2.05, 4.69) is 19.5 Å². The third-order valence-corrected chi connectivity index (χ3v) is 11.5. The van der Waals surface area contributed by atoms with Crippen molar-refractivity contribution < 1.29 is 42.4 Å². The summed E-state index contributed by atoms with van der Waals surface area (Å²) in [4.78, 5) is 46.8. The van der Waals surface area contributed by atoms with Gasteiger partial charge in [-0.25, -0.2) is 19.6 Å². The lowest BCUT2D eigenvalue weighted by atomic mass is 9.98. The van der Waals surface area contributed by atoms with Gasteiger partial charge in [0.15, 0.2) is 5.82 Å². The van der Waals surface area contributed by atoms with Crippen molar-refractivity contribution in [2.45, 2.75) is 32.3 Å². The number of esters is 1. The molecule has 14 nitrogen and oxygen atoms in total. The molecule has 66 heavy (non-hydrogen) atoms. The summed E-state index contributed by atoms with van der Waals surface area (Å²) in [5.74, 6) is 2.21. The average molecular weight is 900 g/mol. The number of halogens is 2. The molecule has 0 aliphatic carbocycles. The second kappa shape index (κ2) is 22.1. The van der Waals surface area contributed by atoms with Gasteiger partial charge in [-0.05, 0) is 98.2 Å². The highest BCUT2D eigenvalue weighted by Crippen LogP contribution is 2.38. The van der Waals surface area contributed by atoms with Crippen molar-refractivity contribution in [1.82, 2.24) is 15.0 Å². The molecule has 16 heteroatoms. The molecule has 0 radical (unpaired) electrons. The molecule has 2 aliphatic heterocycles. The fourth-order valence-corrected chi connectivity index (χ4v) is 8.23. The van der Waals surface area contributed by atoms with Crippen molar-refractivity contribution in [1.29, 1.82) is 0 Å². The predicted molar refractivity (Wildman–Crippen MR) is 247 cm³/mol. The first-order chi connectivity index (χ1) is 32.3. The molecule has 2 saturated heterocycles. The molecule has 2 aromatic heterocycles. The topological polar surface area (TPSA) is 143 Å². The zero-order valence-corrected chi connectivity index (χ0v) is 36.3. The fraction of sp³-hybridized carbons (Fsp3) is 0.300. The Morgan fingerprint density at radius 1 is 0.606 bits per heavy atom. The van der Waals surface area contributed by atoms with Crippen molar-refractivity contribution in [3.8, 4) is 11.5 Å². The number of aromatic nitrogens is 3. The fourth-order valence-electron chi connectivity index (χ4n) is 8.23. The normalized spacial score (nSPS) is 14.5. The van der Waals surface area contributed by atoms with E-state index in [0.29, 0.717) is 61.1 Å². The Bertz CT molecular complexity index is 2510. The maximum Gasteiger partial charge on any atom is 0.387 e. The molecule has 0 amide bonds. The van der Waals surface area contributed by atoms with Crippen LogP contribution in [0.3, 0.4) is 0 Å². The number of benzene rings is 4. The number of carboxylic acid groups (broad SMARTS) is 1. The van der Waals surface area contributed by atoms with Crippen LogP contribution in [0.4, 0.5) is 54.8 Å². The molecule has 0 saturated carbocycles. The zero-order valence-electron chi connectivity index (χ0n) is 36.3. The van der Waals surface area contributed by atoms with E-state index in [-0.39, 0.29) is 24.9 Å². The van der Waals surface area contributed by atoms with E-state index in [1.165, 1.54) is 6.07 Å². The molecule has 0 bridgehead atoms. The van der Waals surface area contributed by atoms with Crippen LogP contribution in [0.5, 0.6) is 11.5 Å². The highest BCUT2D eigenvalue weighted by atomic mass is 19.3. The van der Waals surface area contributed by atoms with Gasteiger partial charge in [0.25, 0.3) is 0 Å². The van der Waals surface area contributed by atoms with Gasteiger partial charge in [-0.3, -0.25) is 14.8 Å². The third kappa shape index (κ3) is 12.1. The molecular formula is C50H51F2N7O7. The summed E-state index contributed by atoms with van der Waals surface area (Å²) in [7, 11) is 0. The van der Waals surface area contributed by atoms with Gasteiger partial charge in [0, 0.05) is 49.7 Å². The molecule has 8 rings (SSSR count). The molecular weight excluding hydrogens is 849 g/mol. The van der Waals surface area contributed by atoms with Crippen LogP contribution in [0.1, 0.15) is 25.7 Å². The second-order valence-corrected chi connectivity index (χ2v) is 16.1. The number of piperidine rings is 2. The summed E-state index contributed by atoms with van der Waals surface area (Å²) >= 11 is 0. The Kier molecular flexibility index (Phi) is 15.2. The summed E-state index contributed by atoms with van der Waals surface area (Å²) in [6.45, 7) is 0.343. The number of carboxylic acids is 1. The molecule has 4 aromatic carbocycles. The number of pyridine rings is 1. The summed E-state index contributed by atoms with van der Waals surface area (Å²) in [5, 5.41) is 8.91. The third-order valence-electron chi connectivity index (χ3n) is 11.5. The van der Waals surface area contributed by atoms with E-state index in [9.17, 15) is 18.4 Å². The Balaban J connectivity index is 0.853. The first-order valence-electron chi connectivity index (χ1n) is 22.0. The minimum Gasteiger partial charge on any atom is -0.480 e. The molecule has 1 N–H and O–H groups in total. The summed E-state index contributed by atoms with van der Waals surface area (Å²) in [6.07, 6.45) is 6.72. The molecule has 6 aromatic rings. The molecule has 4 heterocycles. The Labute approximate surface area is 382 Å². The maximum atomic E-state index is 13.1. The number of ether oxygens (including phenoxy) is 4. The molecule has 342 valence electrons. The number of alkyl halides is 2. The van der Waals surface area contributed by atoms with Crippen LogP contribution in [-0.2, 0) is 19.1 Å². The van der Waals surface area contributed by atoms with Crippen LogP contribution in [0.2, 0.25) is 0 Å². The number of hydrogen-bond acceptors (Lipinski definition) is 13. The van der Waals surface area contributed by atoms with E-state index in [1.807, 2.05) is 107 Å². The van der Waals surface area contributed by atoms with Crippen molar-refractivity contribution in [3.63, 3.8) is 0 Å². The molecule has 0 atom stereocenters. The van der Waals surface area contributed by atoms with Gasteiger partial charge >= 0.3 is 18.6 Å². The highest BCUT2D eigenvalue weighted by Gasteiger charge is 2.25. The van der Waals surface area contributed by atoms with Crippen molar-refractivity contribution in [2.24, 2.45) is 11.8 Å². The molecule has 2 fully saturated rings. The van der Waals surface area contributed by atoms with Crippen LogP contribution in [0.15, 0.2) is 140 Å². The molecule has 0 unspecified atom stereocenters. The van der Waals surface area contributed by atoms with Crippen LogP contribution in [0, 0.1) is 11.8 Å². The number of nitrogens with zero attached hydrogens (tertiary/aromatic N) is 7. The van der Waals surface area contributed by atoms with Gasteiger partial charge in [-0.15, -0.1) is 0 Å². The van der Waals surface area contributed by atoms with Gasteiger partial charge in [0.2, 0.25) is 0 Å². The van der Waals surface area contributed by atoms with Gasteiger partial charge in [-0.2, -0.15) is 8.78 Å². The SMILES string of the molecule is O=C(O)COCC1CCN(c2cccc(N(c3ccccc3)c3cccc(OC(=O)COCC4CCN(c5cncc(N(c6ccccc6)c6cccc(OC(F)F)c6)n5)CC4)c3)n2)CC1. The average Bonchev–Trinajstić information content (AvgIpc) is 3.33. The van der Waals surface area contributed by atoms with E-state index < -0.39 is 18.6 Å². The van der Waals surface area contributed by atoms with Gasteiger partial charge in [0.1, 0.15) is 42.2 Å². The van der Waals surface area contributed by atoms with Crippen LogP contribution < -0.4 is 29.1 Å². The summed E-state index contributed by atoms with van der Waals surface area (Å²) < 4.78 is 47.9. The lowest BCUT2D eigenvalue weighted by Gasteiger charge is -2.33. The smallest absolute Gasteiger partial charge is 0.387 e. The monoisotopic (exact) mass is 899 g/mol. The zero-order chi connectivity index (χ0) is 45.7. The molecule has 2 aliphatic rings. The number of hydrogen-bond donors (Lipinski definition) is 1. The van der Waals surface area contributed by atoms with E-state index in [0.717, 1.165) is 61.7 Å². The lowest BCUT2D eigenvalue weighted by Crippen LogP contribution is -2.36. The van der Waals surface area contributed by atoms with E-state index in [4.69, 9.17) is 29.3 Å². The predicted octanol–water partition coefficient (Wildman–Crippen LogP) is 9.57. The Hall–Kier alpha value is -7.17. The van der Waals surface area contributed by atoms with Crippen molar-refractivity contribution in [2.75, 3.05) is 72.2 Å². The number of carbonyl (C=O) groups excluding carboxylic acids is 1. The largest absolute Gasteiger partial charge is 0.480 e. The maximum absolute atomic E-state index is 13.1. The van der Waals surface area contributed by atoms with E-state index >= 15 is 0 Å². The Morgan fingerprint density at radius 2 is 1.12 bits per heavy atom. The van der Waals surface area contributed by atoms with Crippen molar-refractivity contribution in [3.05, 3.63) is 140 Å². The van der Waals surface area contributed by atoms with Crippen LogP contribution in [0.25, 0.3) is 0 Å². The first kappa shape index (κ1) is 45.4. The first-order valence-corrected chi connectivity index (χ1v) is 22.0. The highest BCUT2D eigenvalue weighted by molar-refractivity contribution is 5.78. The number of aliphatic carboxylic acids is 1. The minimum atomic E-state index is -2.95. The van der Waals surface area contributed by atoms with Crippen LogP contribution >= 0.6 is 0 Å². The molecule has 0 spiro atoms.